The van der Waals surface area contributed by atoms with E-state index in [-0.39, 0.29) is 0 Å². The van der Waals surface area contributed by atoms with Gasteiger partial charge in [-0.2, -0.15) is 0 Å². The zero-order valence-corrected chi connectivity index (χ0v) is 28.1. The van der Waals surface area contributed by atoms with Gasteiger partial charge in [0.05, 0.1) is 27.1 Å². The highest BCUT2D eigenvalue weighted by Gasteiger charge is 2.25. The van der Waals surface area contributed by atoms with Crippen LogP contribution in [0.2, 0.25) is 0 Å². The first kappa shape index (κ1) is 28.3. The summed E-state index contributed by atoms with van der Waals surface area (Å²) in [6.45, 7) is 0. The van der Waals surface area contributed by atoms with E-state index in [9.17, 15) is 0 Å². The molecule has 0 radical (unpaired) electrons. The molecule has 0 N–H and O–H groups in total. The molecule has 11 rings (SSSR count). The number of fused-ring (bicyclic) bond motifs is 12. The highest BCUT2D eigenvalue weighted by atomic mass is 32.1. The number of rotatable bonds is 4. The molecule has 51 heavy (non-hydrogen) atoms. The third kappa shape index (κ3) is 4.25. The second kappa shape index (κ2) is 11.0. The van der Waals surface area contributed by atoms with Crippen LogP contribution in [-0.4, -0.2) is 14.5 Å². The molecule has 0 aliphatic carbocycles. The monoisotopic (exact) mass is 669 g/mol. The first-order chi connectivity index (χ1) is 25.3. The molecule has 4 aromatic heterocycles. The minimum Gasteiger partial charge on any atom is -0.455 e. The predicted octanol–water partition coefficient (Wildman–Crippen LogP) is 12.8. The Balaban J connectivity index is 1.18. The van der Waals surface area contributed by atoms with Gasteiger partial charge in [-0.05, 0) is 36.4 Å². The molecule has 4 nitrogen and oxygen atoms in total. The van der Waals surface area contributed by atoms with Gasteiger partial charge in [-0.15, -0.1) is 11.3 Å². The summed E-state index contributed by atoms with van der Waals surface area (Å²) in [6.07, 6.45) is 0. The smallest absolute Gasteiger partial charge is 0.160 e. The van der Waals surface area contributed by atoms with Gasteiger partial charge >= 0.3 is 0 Å². The molecule has 0 unspecified atom stereocenters. The van der Waals surface area contributed by atoms with Crippen molar-refractivity contribution in [2.75, 3.05) is 0 Å². The van der Waals surface area contributed by atoms with Crippen molar-refractivity contribution in [2.45, 2.75) is 0 Å². The number of aromatic nitrogens is 3. The number of furan rings is 1. The van der Waals surface area contributed by atoms with E-state index in [2.05, 4.69) is 132 Å². The SMILES string of the molecule is c1ccc(-c2cc(-c3ccc(-n4c5ccccc5c5c6c7ccccc7oc6c6c7ccccc7sc6c54)cc3)nc(-c3ccccc3)n2)cc1. The molecule has 7 aromatic carbocycles. The van der Waals surface area contributed by atoms with Crippen molar-refractivity contribution < 1.29 is 4.42 Å². The van der Waals surface area contributed by atoms with Crippen LogP contribution < -0.4 is 0 Å². The molecular formula is C46H27N3OS. The molecule has 0 aliphatic heterocycles. The van der Waals surface area contributed by atoms with E-state index in [4.69, 9.17) is 14.4 Å². The van der Waals surface area contributed by atoms with Crippen molar-refractivity contribution in [1.29, 1.82) is 0 Å². The zero-order valence-electron chi connectivity index (χ0n) is 27.2. The number of thiophene rings is 1. The average Bonchev–Trinajstić information content (AvgIpc) is 3.88. The summed E-state index contributed by atoms with van der Waals surface area (Å²) in [5, 5.41) is 7.15. The summed E-state index contributed by atoms with van der Waals surface area (Å²) in [7, 11) is 0. The second-order valence-corrected chi connectivity index (χ2v) is 14.0. The van der Waals surface area contributed by atoms with Gasteiger partial charge in [-0.25, -0.2) is 9.97 Å². The van der Waals surface area contributed by atoms with Gasteiger partial charge in [0.25, 0.3) is 0 Å². The van der Waals surface area contributed by atoms with Crippen LogP contribution in [0.25, 0.3) is 104 Å². The summed E-state index contributed by atoms with van der Waals surface area (Å²) in [4.78, 5) is 10.1. The summed E-state index contributed by atoms with van der Waals surface area (Å²) in [5.74, 6) is 0.710. The first-order valence-electron chi connectivity index (χ1n) is 17.1. The van der Waals surface area contributed by atoms with Gasteiger partial charge in [0.15, 0.2) is 5.82 Å². The quantitative estimate of drug-likeness (QED) is 0.187. The van der Waals surface area contributed by atoms with Crippen LogP contribution in [-0.2, 0) is 0 Å². The Morgan fingerprint density at radius 1 is 0.490 bits per heavy atom. The highest BCUT2D eigenvalue weighted by molar-refractivity contribution is 7.27. The van der Waals surface area contributed by atoms with Gasteiger partial charge in [0, 0.05) is 59.4 Å². The maximum absolute atomic E-state index is 6.74. The molecule has 0 fully saturated rings. The van der Waals surface area contributed by atoms with Crippen molar-refractivity contribution in [3.05, 3.63) is 164 Å². The van der Waals surface area contributed by atoms with E-state index in [0.29, 0.717) is 5.82 Å². The molecule has 238 valence electrons. The first-order valence-corrected chi connectivity index (χ1v) is 17.9. The number of benzene rings is 7. The molecule has 0 saturated carbocycles. The Labute approximate surface area is 296 Å². The zero-order chi connectivity index (χ0) is 33.5. The fraction of sp³-hybridized carbons (Fsp3) is 0. The van der Waals surface area contributed by atoms with Crippen LogP contribution in [0, 0.1) is 0 Å². The highest BCUT2D eigenvalue weighted by Crippen LogP contribution is 2.50. The number of hydrogen-bond donors (Lipinski definition) is 0. The lowest BCUT2D eigenvalue weighted by atomic mass is 10.0. The van der Waals surface area contributed by atoms with Crippen molar-refractivity contribution >= 4 is 75.3 Å². The van der Waals surface area contributed by atoms with E-state index in [1.807, 2.05) is 47.7 Å². The Morgan fingerprint density at radius 2 is 1.10 bits per heavy atom. The maximum atomic E-state index is 6.74. The third-order valence-corrected chi connectivity index (χ3v) is 11.2. The Morgan fingerprint density at radius 3 is 1.86 bits per heavy atom. The summed E-state index contributed by atoms with van der Waals surface area (Å²) >= 11 is 1.84. The largest absolute Gasteiger partial charge is 0.455 e. The molecule has 0 saturated heterocycles. The number of hydrogen-bond acceptors (Lipinski definition) is 4. The number of para-hydroxylation sites is 2. The average molecular weight is 670 g/mol. The van der Waals surface area contributed by atoms with Gasteiger partial charge in [0.2, 0.25) is 0 Å². The number of nitrogens with zero attached hydrogens (tertiary/aromatic N) is 3. The van der Waals surface area contributed by atoms with Crippen LogP contribution in [0.1, 0.15) is 0 Å². The lowest BCUT2D eigenvalue weighted by Crippen LogP contribution is -1.97. The van der Waals surface area contributed by atoms with Crippen LogP contribution in [0.4, 0.5) is 0 Å². The summed E-state index contributed by atoms with van der Waals surface area (Å²) in [5.41, 5.74) is 10.2. The van der Waals surface area contributed by atoms with Crippen molar-refractivity contribution in [1.82, 2.24) is 14.5 Å². The molecule has 5 heteroatoms. The van der Waals surface area contributed by atoms with E-state index in [1.54, 1.807) is 0 Å². The maximum Gasteiger partial charge on any atom is 0.160 e. The van der Waals surface area contributed by atoms with Crippen LogP contribution in [0.3, 0.4) is 0 Å². The summed E-state index contributed by atoms with van der Waals surface area (Å²) < 4.78 is 11.7. The molecule has 0 atom stereocenters. The summed E-state index contributed by atoms with van der Waals surface area (Å²) in [6, 6.07) is 57.4. The molecule has 0 spiro atoms. The van der Waals surface area contributed by atoms with Crippen LogP contribution in [0.5, 0.6) is 0 Å². The molecule has 4 heterocycles. The third-order valence-electron chi connectivity index (χ3n) is 10.0. The van der Waals surface area contributed by atoms with Crippen molar-refractivity contribution in [3.8, 4) is 39.6 Å². The van der Waals surface area contributed by atoms with Crippen molar-refractivity contribution in [3.63, 3.8) is 0 Å². The minimum absolute atomic E-state index is 0.710. The fourth-order valence-corrected chi connectivity index (χ4v) is 8.97. The molecule has 0 bridgehead atoms. The Kier molecular flexibility index (Phi) is 6.09. The topological polar surface area (TPSA) is 43.9 Å². The predicted molar refractivity (Wildman–Crippen MR) is 213 cm³/mol. The lowest BCUT2D eigenvalue weighted by Gasteiger charge is -2.12. The fourth-order valence-electron chi connectivity index (χ4n) is 7.73. The van der Waals surface area contributed by atoms with Gasteiger partial charge in [-0.3, -0.25) is 0 Å². The van der Waals surface area contributed by atoms with Crippen LogP contribution >= 0.6 is 11.3 Å². The van der Waals surface area contributed by atoms with E-state index in [1.165, 1.54) is 41.8 Å². The molecule has 0 amide bonds. The second-order valence-electron chi connectivity index (χ2n) is 12.9. The van der Waals surface area contributed by atoms with E-state index >= 15 is 0 Å². The van der Waals surface area contributed by atoms with Crippen molar-refractivity contribution in [2.24, 2.45) is 0 Å². The molecule has 11 aromatic rings. The van der Waals surface area contributed by atoms with E-state index in [0.717, 1.165) is 55.8 Å². The van der Waals surface area contributed by atoms with E-state index < -0.39 is 0 Å². The van der Waals surface area contributed by atoms with Crippen LogP contribution in [0.15, 0.2) is 168 Å². The van der Waals surface area contributed by atoms with Gasteiger partial charge < -0.3 is 8.98 Å². The Bertz CT molecular complexity index is 3060. The molecule has 0 aliphatic rings. The minimum atomic E-state index is 0.710. The Hall–Kier alpha value is -6.56. The van der Waals surface area contributed by atoms with Gasteiger partial charge in [-0.1, -0.05) is 127 Å². The standard InChI is InChI=1S/C46H27N3OS/c1-3-13-28(14-4-1)35-27-36(48-46(47-35)30-15-5-2-6-16-30)29-23-25-31(26-24-29)49-37-20-10-7-17-32(37)40-41-33-18-8-11-21-38(33)50-44(41)42-34-19-9-12-22-39(34)51-45(42)43(40)49/h1-27H. The van der Waals surface area contributed by atoms with Gasteiger partial charge in [0.1, 0.15) is 11.2 Å². The lowest BCUT2D eigenvalue weighted by molar-refractivity contribution is 0.673. The molecular weight excluding hydrogens is 643 g/mol. The normalized spacial score (nSPS) is 11.9.